The Kier molecular flexibility index (Phi) is 4.67. The van der Waals surface area contributed by atoms with Gasteiger partial charge in [0, 0.05) is 18.3 Å². The van der Waals surface area contributed by atoms with E-state index < -0.39 is 5.97 Å². The molecule has 0 radical (unpaired) electrons. The Morgan fingerprint density at radius 2 is 1.91 bits per heavy atom. The molecule has 0 bridgehead atoms. The van der Waals surface area contributed by atoms with Gasteiger partial charge < -0.3 is 24.5 Å². The second-order valence-electron chi connectivity index (χ2n) is 4.44. The largest absolute Gasteiger partial charge is 0.495 e. The van der Waals surface area contributed by atoms with Crippen molar-refractivity contribution in [2.24, 2.45) is 0 Å². The van der Waals surface area contributed by atoms with Gasteiger partial charge in [-0.3, -0.25) is 0 Å². The predicted octanol–water partition coefficient (Wildman–Crippen LogP) is 2.39. The van der Waals surface area contributed by atoms with Crippen molar-refractivity contribution >= 4 is 23.3 Å². The summed E-state index contributed by atoms with van der Waals surface area (Å²) in [6, 6.07) is 5.05. The van der Waals surface area contributed by atoms with Crippen LogP contribution >= 0.6 is 11.6 Å². The zero-order valence-electron chi connectivity index (χ0n) is 12.7. The minimum absolute atomic E-state index is 0.0201. The van der Waals surface area contributed by atoms with Crippen LogP contribution in [-0.4, -0.2) is 31.9 Å². The molecule has 0 atom stereocenters. The van der Waals surface area contributed by atoms with E-state index in [1.165, 1.54) is 32.1 Å². The van der Waals surface area contributed by atoms with E-state index in [2.05, 4.69) is 0 Å². The van der Waals surface area contributed by atoms with Crippen LogP contribution in [0.25, 0.3) is 5.69 Å². The Morgan fingerprint density at radius 3 is 2.43 bits per heavy atom. The molecule has 1 aromatic heterocycles. The number of nitrogen functional groups attached to an aromatic ring is 1. The van der Waals surface area contributed by atoms with Crippen LogP contribution in [0, 0.1) is 11.3 Å². The zero-order valence-corrected chi connectivity index (χ0v) is 13.5. The molecule has 120 valence electrons. The van der Waals surface area contributed by atoms with Crippen LogP contribution in [0.2, 0.25) is 5.02 Å². The third kappa shape index (κ3) is 2.76. The molecule has 1 heterocycles. The third-order valence-corrected chi connectivity index (χ3v) is 3.55. The van der Waals surface area contributed by atoms with E-state index in [0.29, 0.717) is 22.2 Å². The number of methoxy groups -OCH3 is 3. The van der Waals surface area contributed by atoms with E-state index in [1.54, 1.807) is 12.1 Å². The summed E-state index contributed by atoms with van der Waals surface area (Å²) >= 11 is 6.08. The van der Waals surface area contributed by atoms with E-state index in [9.17, 15) is 4.79 Å². The fraction of sp³-hybridized carbons (Fsp3) is 0.200. The monoisotopic (exact) mass is 335 g/mol. The van der Waals surface area contributed by atoms with Gasteiger partial charge in [-0.05, 0) is 0 Å². The third-order valence-electron chi connectivity index (χ3n) is 3.26. The molecule has 0 unspecified atom stereocenters. The van der Waals surface area contributed by atoms with Crippen molar-refractivity contribution in [2.45, 2.75) is 0 Å². The van der Waals surface area contributed by atoms with Crippen LogP contribution < -0.4 is 15.2 Å². The number of halogens is 1. The minimum atomic E-state index is -0.681. The zero-order chi connectivity index (χ0) is 17.1. The number of esters is 1. The van der Waals surface area contributed by atoms with Crippen molar-refractivity contribution in [1.29, 1.82) is 5.26 Å². The molecule has 2 aromatic rings. The van der Waals surface area contributed by atoms with Gasteiger partial charge in [-0.25, -0.2) is 4.79 Å². The van der Waals surface area contributed by atoms with Crippen LogP contribution in [0.4, 0.5) is 5.69 Å². The van der Waals surface area contributed by atoms with Crippen molar-refractivity contribution in [3.8, 4) is 23.3 Å². The average Bonchev–Trinajstić information content (AvgIpc) is 2.90. The maximum atomic E-state index is 12.0. The molecular formula is C15H14ClN3O4. The highest BCUT2D eigenvalue weighted by molar-refractivity contribution is 6.32. The maximum Gasteiger partial charge on any atom is 0.357 e. The Hall–Kier alpha value is -2.85. The minimum Gasteiger partial charge on any atom is -0.495 e. The van der Waals surface area contributed by atoms with Gasteiger partial charge in [0.2, 0.25) is 0 Å². The normalized spacial score (nSPS) is 10.0. The van der Waals surface area contributed by atoms with E-state index in [-0.39, 0.29) is 16.9 Å². The Labute approximate surface area is 137 Å². The van der Waals surface area contributed by atoms with Gasteiger partial charge in [0.05, 0.1) is 43.3 Å². The molecule has 2 rings (SSSR count). The lowest BCUT2D eigenvalue weighted by atomic mass is 10.2. The van der Waals surface area contributed by atoms with Gasteiger partial charge >= 0.3 is 5.97 Å². The van der Waals surface area contributed by atoms with Gasteiger partial charge in [0.1, 0.15) is 17.6 Å². The molecule has 7 nitrogen and oxygen atoms in total. The number of nitrogens with zero attached hydrogens (tertiary/aromatic N) is 2. The fourth-order valence-corrected chi connectivity index (χ4v) is 2.37. The van der Waals surface area contributed by atoms with Crippen LogP contribution in [0.3, 0.4) is 0 Å². The molecule has 0 aliphatic heterocycles. The summed E-state index contributed by atoms with van der Waals surface area (Å²) in [5, 5.41) is 9.50. The number of carbonyl (C=O) groups is 1. The Balaban J connectivity index is 2.81. The summed E-state index contributed by atoms with van der Waals surface area (Å²) in [4.78, 5) is 12.0. The van der Waals surface area contributed by atoms with E-state index in [4.69, 9.17) is 36.8 Å². The highest BCUT2D eigenvalue weighted by Gasteiger charge is 2.24. The van der Waals surface area contributed by atoms with E-state index in [1.807, 2.05) is 6.07 Å². The molecule has 0 aliphatic carbocycles. The van der Waals surface area contributed by atoms with Gasteiger partial charge in [-0.2, -0.15) is 5.26 Å². The molecule has 0 saturated carbocycles. The molecule has 23 heavy (non-hydrogen) atoms. The molecule has 0 fully saturated rings. The number of benzene rings is 1. The summed E-state index contributed by atoms with van der Waals surface area (Å²) < 4.78 is 16.6. The molecule has 0 amide bonds. The first-order chi connectivity index (χ1) is 11.0. The lowest BCUT2D eigenvalue weighted by Crippen LogP contribution is -2.12. The Morgan fingerprint density at radius 1 is 1.26 bits per heavy atom. The van der Waals surface area contributed by atoms with Gasteiger partial charge in [-0.1, -0.05) is 11.6 Å². The molecule has 8 heteroatoms. The average molecular weight is 336 g/mol. The van der Waals surface area contributed by atoms with Crippen molar-refractivity contribution in [3.05, 3.63) is 34.6 Å². The molecular weight excluding hydrogens is 322 g/mol. The lowest BCUT2D eigenvalue weighted by Gasteiger charge is -2.15. The molecule has 0 saturated heterocycles. The van der Waals surface area contributed by atoms with Crippen LogP contribution in [0.15, 0.2) is 18.3 Å². The summed E-state index contributed by atoms with van der Waals surface area (Å²) in [7, 11) is 4.14. The van der Waals surface area contributed by atoms with Gasteiger partial charge in [0.15, 0.2) is 5.69 Å². The molecule has 2 N–H and O–H groups in total. The number of hydrogen-bond donors (Lipinski definition) is 1. The number of aromatic nitrogens is 1. The second kappa shape index (κ2) is 6.50. The lowest BCUT2D eigenvalue weighted by molar-refractivity contribution is 0.0593. The molecule has 0 spiro atoms. The maximum absolute atomic E-state index is 12.0. The first kappa shape index (κ1) is 16.5. The summed E-state index contributed by atoms with van der Waals surface area (Å²) in [5.74, 6) is 0.0736. The van der Waals surface area contributed by atoms with E-state index >= 15 is 0 Å². The quantitative estimate of drug-likeness (QED) is 0.861. The topological polar surface area (TPSA) is 99.5 Å². The Bertz CT molecular complexity index is 808. The van der Waals surface area contributed by atoms with Gasteiger partial charge in [0.25, 0.3) is 0 Å². The van der Waals surface area contributed by atoms with Crippen LogP contribution in [-0.2, 0) is 4.74 Å². The number of carbonyl (C=O) groups excluding carboxylic acids is 1. The first-order valence-corrected chi connectivity index (χ1v) is 6.77. The molecule has 0 aliphatic rings. The van der Waals surface area contributed by atoms with Crippen molar-refractivity contribution in [2.75, 3.05) is 27.1 Å². The number of rotatable bonds is 4. The van der Waals surface area contributed by atoms with Crippen molar-refractivity contribution in [1.82, 2.24) is 4.57 Å². The van der Waals surface area contributed by atoms with Crippen LogP contribution in [0.1, 0.15) is 16.1 Å². The van der Waals surface area contributed by atoms with Crippen LogP contribution in [0.5, 0.6) is 11.5 Å². The highest BCUT2D eigenvalue weighted by Crippen LogP contribution is 2.37. The van der Waals surface area contributed by atoms with E-state index in [0.717, 1.165) is 0 Å². The predicted molar refractivity (Wildman–Crippen MR) is 84.3 cm³/mol. The second-order valence-corrected chi connectivity index (χ2v) is 4.84. The first-order valence-electron chi connectivity index (χ1n) is 6.39. The van der Waals surface area contributed by atoms with Crippen molar-refractivity contribution < 1.29 is 19.0 Å². The summed E-state index contributed by atoms with van der Waals surface area (Å²) in [5.41, 5.74) is 6.49. The highest BCUT2D eigenvalue weighted by atomic mass is 35.5. The summed E-state index contributed by atoms with van der Waals surface area (Å²) in [6.07, 6.45) is 1.42. The number of hydrogen-bond acceptors (Lipinski definition) is 6. The SMILES string of the molecule is COC(=O)c1c(N)c(C#N)cn1-c1cc(OC)c(Cl)cc1OC. The number of ether oxygens (including phenoxy) is 3. The standard InChI is InChI=1S/C15H14ClN3O4/c1-21-11-5-10(12(22-2)4-9(11)16)19-7-8(6-17)13(18)14(19)15(20)23-3/h4-5,7H,18H2,1-3H3. The number of nitrogens with two attached hydrogens (primary N) is 1. The smallest absolute Gasteiger partial charge is 0.357 e. The van der Waals surface area contributed by atoms with Gasteiger partial charge in [-0.15, -0.1) is 0 Å². The van der Waals surface area contributed by atoms with Crippen molar-refractivity contribution in [3.63, 3.8) is 0 Å². The number of nitriles is 1. The number of anilines is 1. The molecule has 1 aromatic carbocycles. The fourth-order valence-electron chi connectivity index (χ4n) is 2.14. The summed E-state index contributed by atoms with van der Waals surface area (Å²) in [6.45, 7) is 0.